The van der Waals surface area contributed by atoms with Crippen molar-refractivity contribution in [2.45, 2.75) is 88.4 Å². The fraction of sp³-hybridized carbons (Fsp3) is 0.420. The summed E-state index contributed by atoms with van der Waals surface area (Å²) in [5, 5.41) is 18.8. The molecule has 2 atom stereocenters. The molecule has 68 heavy (non-hydrogen) atoms. The number of likely N-dealkylation sites (tertiary alicyclic amines) is 1. The predicted molar refractivity (Wildman–Crippen MR) is 249 cm³/mol. The van der Waals surface area contributed by atoms with Crippen molar-refractivity contribution in [2.75, 3.05) is 54.4 Å². The van der Waals surface area contributed by atoms with E-state index in [9.17, 15) is 29.1 Å². The summed E-state index contributed by atoms with van der Waals surface area (Å²) < 4.78 is 33.3. The van der Waals surface area contributed by atoms with Crippen LogP contribution >= 0.6 is 11.3 Å². The summed E-state index contributed by atoms with van der Waals surface area (Å²) in [6, 6.07) is 14.7. The summed E-state index contributed by atoms with van der Waals surface area (Å²) in [5.74, 6) is -3.23. The standard InChI is InChI=1S/C50H51F2N9O6S/c51-37-24-32(22-35-36(37)26-61(47(35)66)44(46(65)56-48-53-15-21-68-48)43-40-2-1-16-59(40)29-54-43)30-3-6-33(7-4-30)60-27-49(28-60)11-17-58(18-12-49)42(63)25-50(67)13-19-57(20-14-50)39-9-5-31(23-38(39)52)34-8-10-41(62)55-45(34)64/h3-7,9,15,21-24,29,34,44,67H,1-2,8,10-14,16-20,25-28H2,(H,53,56,65)(H,55,62,64). The Labute approximate surface area is 395 Å². The quantitative estimate of drug-likeness (QED) is 0.142. The van der Waals surface area contributed by atoms with Crippen LogP contribution < -0.4 is 20.4 Å². The van der Waals surface area contributed by atoms with Crippen LogP contribution in [-0.2, 0) is 38.7 Å². The third-order valence-corrected chi connectivity index (χ3v) is 15.9. The Morgan fingerprint density at radius 2 is 1.66 bits per heavy atom. The molecule has 2 unspecified atom stereocenters. The van der Waals surface area contributed by atoms with E-state index < -0.39 is 46.9 Å². The molecule has 0 bridgehead atoms. The molecule has 5 aromatic rings. The number of nitrogens with zero attached hydrogens (tertiary/aromatic N) is 7. The third-order valence-electron chi connectivity index (χ3n) is 15.2. The second kappa shape index (κ2) is 17.2. The number of carbonyl (C=O) groups is 5. The third kappa shape index (κ3) is 8.10. The molecule has 5 amide bonds. The van der Waals surface area contributed by atoms with Crippen LogP contribution in [0.5, 0.6) is 0 Å². The van der Waals surface area contributed by atoms with Gasteiger partial charge in [-0.2, -0.15) is 0 Å². The predicted octanol–water partition coefficient (Wildman–Crippen LogP) is 5.94. The van der Waals surface area contributed by atoms with E-state index in [0.717, 1.165) is 62.3 Å². The molecule has 2 aromatic heterocycles. The van der Waals surface area contributed by atoms with Gasteiger partial charge in [0.1, 0.15) is 11.6 Å². The van der Waals surface area contributed by atoms with Crippen molar-refractivity contribution in [3.63, 3.8) is 0 Å². The number of thiazole rings is 1. The molecule has 3 aromatic carbocycles. The van der Waals surface area contributed by atoms with Crippen LogP contribution in [0, 0.1) is 17.0 Å². The number of hydrogen-bond donors (Lipinski definition) is 3. The molecule has 11 rings (SSSR count). The van der Waals surface area contributed by atoms with Gasteiger partial charge in [-0.25, -0.2) is 18.7 Å². The molecule has 6 aliphatic heterocycles. The SMILES string of the molecule is O=C1CCC(c2ccc(N3CCC(O)(CC(=O)N4CCC5(CC4)CN(c4ccc(-c6cc(F)c7c(c6)C(=O)N(C(C(=O)Nc6nccs6)c6ncn8c6CCC8)C7)cc4)C5)CC3)c(F)c2)C(=O)N1. The number of aryl methyl sites for hydroxylation is 1. The number of benzene rings is 3. The van der Waals surface area contributed by atoms with Gasteiger partial charge in [-0.05, 0) is 98.0 Å². The highest BCUT2D eigenvalue weighted by Crippen LogP contribution is 2.44. The zero-order valence-electron chi connectivity index (χ0n) is 37.4. The molecule has 0 radical (unpaired) electrons. The summed E-state index contributed by atoms with van der Waals surface area (Å²) in [5.41, 5.74) is 4.04. The molecule has 4 fully saturated rings. The Bertz CT molecular complexity index is 2830. The molecule has 3 N–H and O–H groups in total. The Morgan fingerprint density at radius 1 is 0.882 bits per heavy atom. The lowest BCUT2D eigenvalue weighted by atomic mass is 9.71. The van der Waals surface area contributed by atoms with Crippen LogP contribution in [0.15, 0.2) is 72.5 Å². The average Bonchev–Trinajstić information content (AvgIpc) is 4.14. The molecular weight excluding hydrogens is 893 g/mol. The van der Waals surface area contributed by atoms with E-state index in [1.54, 1.807) is 36.1 Å². The number of nitrogens with one attached hydrogen (secondary N) is 2. The van der Waals surface area contributed by atoms with Crippen molar-refractivity contribution in [2.24, 2.45) is 5.41 Å². The molecule has 0 aliphatic carbocycles. The summed E-state index contributed by atoms with van der Waals surface area (Å²) in [4.78, 5) is 81.7. The highest BCUT2D eigenvalue weighted by molar-refractivity contribution is 7.13. The average molecular weight is 944 g/mol. The number of carbonyl (C=O) groups excluding carboxylic acids is 5. The first-order valence-electron chi connectivity index (χ1n) is 23.4. The first-order valence-corrected chi connectivity index (χ1v) is 24.3. The van der Waals surface area contributed by atoms with Crippen molar-refractivity contribution in [3.05, 3.63) is 112 Å². The molecule has 8 heterocycles. The van der Waals surface area contributed by atoms with Crippen molar-refractivity contribution in [3.8, 4) is 11.1 Å². The highest BCUT2D eigenvalue weighted by atomic mass is 32.1. The van der Waals surface area contributed by atoms with Crippen LogP contribution in [0.4, 0.5) is 25.3 Å². The normalized spacial score (nSPS) is 21.1. The molecule has 4 saturated heterocycles. The number of piperidine rings is 3. The Hall–Kier alpha value is -6.53. The molecule has 6 aliphatic rings. The second-order valence-corrected chi connectivity index (χ2v) is 20.3. The summed E-state index contributed by atoms with van der Waals surface area (Å²) >= 11 is 1.27. The molecule has 0 saturated carbocycles. The van der Waals surface area contributed by atoms with Gasteiger partial charge in [0, 0.05) is 91.7 Å². The Balaban J connectivity index is 0.678. The summed E-state index contributed by atoms with van der Waals surface area (Å²) in [7, 11) is 0. The van der Waals surface area contributed by atoms with E-state index in [0.29, 0.717) is 73.1 Å². The Morgan fingerprint density at radius 3 is 2.38 bits per heavy atom. The van der Waals surface area contributed by atoms with Gasteiger partial charge in [0.2, 0.25) is 17.7 Å². The maximum atomic E-state index is 16.0. The molecule has 15 nitrogen and oxygen atoms in total. The van der Waals surface area contributed by atoms with Gasteiger partial charge in [-0.3, -0.25) is 34.6 Å². The number of fused-ring (bicyclic) bond motifs is 2. The lowest BCUT2D eigenvalue weighted by Crippen LogP contribution is -2.61. The van der Waals surface area contributed by atoms with Gasteiger partial charge in [-0.1, -0.05) is 18.2 Å². The number of aliphatic hydroxyl groups is 1. The number of rotatable bonds is 10. The van der Waals surface area contributed by atoms with Gasteiger partial charge in [0.05, 0.1) is 42.2 Å². The van der Waals surface area contributed by atoms with Crippen LogP contribution in [-0.4, -0.2) is 104 Å². The van der Waals surface area contributed by atoms with Gasteiger partial charge < -0.3 is 29.3 Å². The van der Waals surface area contributed by atoms with Crippen LogP contribution in [0.1, 0.15) is 96.2 Å². The summed E-state index contributed by atoms with van der Waals surface area (Å²) in [6.07, 6.45) is 7.84. The lowest BCUT2D eigenvalue weighted by Gasteiger charge is -2.55. The molecule has 352 valence electrons. The minimum Gasteiger partial charge on any atom is -0.389 e. The van der Waals surface area contributed by atoms with Gasteiger partial charge in [0.25, 0.3) is 11.8 Å². The van der Waals surface area contributed by atoms with Crippen LogP contribution in [0.3, 0.4) is 0 Å². The number of imide groups is 1. The van der Waals surface area contributed by atoms with E-state index >= 15 is 8.78 Å². The van der Waals surface area contributed by atoms with Gasteiger partial charge in [0.15, 0.2) is 11.2 Å². The second-order valence-electron chi connectivity index (χ2n) is 19.4. The van der Waals surface area contributed by atoms with Crippen molar-refractivity contribution in [1.29, 1.82) is 0 Å². The fourth-order valence-corrected chi connectivity index (χ4v) is 11.8. The van der Waals surface area contributed by atoms with E-state index in [-0.39, 0.29) is 47.7 Å². The zero-order chi connectivity index (χ0) is 46.9. The number of aromatic nitrogens is 3. The van der Waals surface area contributed by atoms with Crippen LogP contribution in [0.2, 0.25) is 0 Å². The minimum absolute atomic E-state index is 0.0163. The molecule has 18 heteroatoms. The van der Waals surface area contributed by atoms with E-state index in [4.69, 9.17) is 0 Å². The lowest BCUT2D eigenvalue weighted by molar-refractivity contribution is -0.140. The van der Waals surface area contributed by atoms with E-state index in [1.165, 1.54) is 28.4 Å². The number of hydrogen-bond acceptors (Lipinski definition) is 11. The zero-order valence-corrected chi connectivity index (χ0v) is 38.2. The number of imidazole rings is 1. The van der Waals surface area contributed by atoms with E-state index in [1.807, 2.05) is 38.6 Å². The maximum absolute atomic E-state index is 16.0. The van der Waals surface area contributed by atoms with Crippen molar-refractivity contribution < 1.29 is 37.9 Å². The molecular formula is C50H51F2N9O6S. The van der Waals surface area contributed by atoms with Crippen molar-refractivity contribution in [1.82, 2.24) is 29.7 Å². The van der Waals surface area contributed by atoms with Gasteiger partial charge >= 0.3 is 0 Å². The smallest absolute Gasteiger partial charge is 0.255 e. The largest absolute Gasteiger partial charge is 0.389 e. The maximum Gasteiger partial charge on any atom is 0.255 e. The van der Waals surface area contributed by atoms with Crippen LogP contribution in [0.25, 0.3) is 11.1 Å². The number of halogens is 2. The first-order chi connectivity index (χ1) is 32.8. The van der Waals surface area contributed by atoms with Crippen molar-refractivity contribution >= 4 is 57.4 Å². The molecule has 1 spiro atoms. The first kappa shape index (κ1) is 44.0. The highest BCUT2D eigenvalue weighted by Gasteiger charge is 2.47. The number of anilines is 3. The minimum atomic E-state index is -1.18. The van der Waals surface area contributed by atoms with E-state index in [2.05, 4.69) is 25.5 Å². The Kier molecular flexibility index (Phi) is 11.1. The number of amides is 5. The monoisotopic (exact) mass is 943 g/mol. The topological polar surface area (TPSA) is 173 Å². The van der Waals surface area contributed by atoms with Gasteiger partial charge in [-0.15, -0.1) is 11.3 Å². The summed E-state index contributed by atoms with van der Waals surface area (Å²) in [6.45, 7) is 4.39. The fourth-order valence-electron chi connectivity index (χ4n) is 11.3.